The predicted molar refractivity (Wildman–Crippen MR) is 164 cm³/mol. The van der Waals surface area contributed by atoms with E-state index in [0.29, 0.717) is 6.54 Å². The van der Waals surface area contributed by atoms with Gasteiger partial charge in [0.2, 0.25) is 0 Å². The number of nitrogens with zero attached hydrogens (tertiary/aromatic N) is 5. The number of rotatable bonds is 4. The van der Waals surface area contributed by atoms with E-state index in [9.17, 15) is 9.59 Å². The molecule has 0 saturated carbocycles. The van der Waals surface area contributed by atoms with Crippen molar-refractivity contribution in [2.75, 3.05) is 38.2 Å². The standard InChI is InChI=1S/C32H37ClFN5O4/c1-18(2)25-27(19(3)12-13-35-25)37(7)29-23-28(24(33)26(36-29)21-10-8-9-11-22(21)34)42-17-20-16-38(14-15-39(20)30(23)40)31(41)43-32(4,5)6/h8-13,18,20H,14-17H2,1-7H3/t20-/m1/s1. The van der Waals surface area contributed by atoms with E-state index in [-0.39, 0.29) is 64.9 Å². The van der Waals surface area contributed by atoms with E-state index < -0.39 is 23.6 Å². The highest BCUT2D eigenvalue weighted by Gasteiger charge is 2.41. The monoisotopic (exact) mass is 609 g/mol. The Morgan fingerprint density at radius 3 is 2.60 bits per heavy atom. The third-order valence-corrected chi connectivity index (χ3v) is 7.94. The second kappa shape index (κ2) is 11.6. The first-order valence-corrected chi connectivity index (χ1v) is 14.8. The number of carbonyl (C=O) groups excluding carboxylic acids is 2. The number of pyridine rings is 2. The van der Waals surface area contributed by atoms with Gasteiger partial charge >= 0.3 is 6.09 Å². The number of aromatic nitrogens is 2. The van der Waals surface area contributed by atoms with Crippen LogP contribution in [0, 0.1) is 12.7 Å². The second-order valence-electron chi connectivity index (χ2n) is 12.2. The number of fused-ring (bicyclic) bond motifs is 2. The zero-order valence-corrected chi connectivity index (χ0v) is 26.3. The van der Waals surface area contributed by atoms with Crippen LogP contribution in [0.15, 0.2) is 36.5 Å². The van der Waals surface area contributed by atoms with E-state index >= 15 is 4.39 Å². The van der Waals surface area contributed by atoms with Gasteiger partial charge in [-0.25, -0.2) is 14.2 Å². The molecule has 3 aromatic rings. The Hall–Kier alpha value is -3.92. The van der Waals surface area contributed by atoms with Gasteiger partial charge < -0.3 is 24.2 Å². The van der Waals surface area contributed by atoms with E-state index in [1.165, 1.54) is 6.07 Å². The average Bonchev–Trinajstić information content (AvgIpc) is 3.09. The van der Waals surface area contributed by atoms with Crippen LogP contribution in [0.4, 0.5) is 20.7 Å². The minimum Gasteiger partial charge on any atom is -0.489 e. The van der Waals surface area contributed by atoms with Crippen molar-refractivity contribution in [3.63, 3.8) is 0 Å². The van der Waals surface area contributed by atoms with Crippen molar-refractivity contribution in [2.24, 2.45) is 0 Å². The Balaban J connectivity index is 1.65. The van der Waals surface area contributed by atoms with Crippen molar-refractivity contribution in [3.8, 4) is 17.0 Å². The molecule has 1 aromatic carbocycles. The molecule has 4 heterocycles. The van der Waals surface area contributed by atoms with Gasteiger partial charge in [0.25, 0.3) is 5.91 Å². The van der Waals surface area contributed by atoms with E-state index in [2.05, 4.69) is 4.98 Å². The molecule has 11 heteroatoms. The molecule has 0 spiro atoms. The number of benzene rings is 1. The summed E-state index contributed by atoms with van der Waals surface area (Å²) in [4.78, 5) is 41.9. The van der Waals surface area contributed by atoms with Gasteiger partial charge in [-0.15, -0.1) is 0 Å². The number of carbonyl (C=O) groups is 2. The summed E-state index contributed by atoms with van der Waals surface area (Å²) in [6, 6.07) is 7.65. The maximum Gasteiger partial charge on any atom is 0.410 e. The average molecular weight is 610 g/mol. The summed E-state index contributed by atoms with van der Waals surface area (Å²) in [5.74, 6) is -0.350. The molecule has 2 aliphatic rings. The van der Waals surface area contributed by atoms with Crippen LogP contribution in [0.1, 0.15) is 62.2 Å². The minimum absolute atomic E-state index is 0.0430. The number of halogens is 2. The van der Waals surface area contributed by atoms with Crippen molar-refractivity contribution in [1.29, 1.82) is 0 Å². The maximum absolute atomic E-state index is 15.1. The number of piperazine rings is 1. The minimum atomic E-state index is -0.652. The van der Waals surface area contributed by atoms with E-state index in [1.807, 2.05) is 59.6 Å². The summed E-state index contributed by atoms with van der Waals surface area (Å²) in [5, 5.41) is 0.0430. The molecule has 0 radical (unpaired) electrons. The summed E-state index contributed by atoms with van der Waals surface area (Å²) >= 11 is 6.92. The molecular formula is C32H37ClFN5O4. The van der Waals surface area contributed by atoms with Crippen LogP contribution in [0.25, 0.3) is 11.3 Å². The fourth-order valence-corrected chi connectivity index (χ4v) is 5.84. The molecule has 0 aliphatic carbocycles. The first-order valence-electron chi connectivity index (χ1n) is 14.4. The van der Waals surface area contributed by atoms with Crippen LogP contribution in [0.5, 0.6) is 5.75 Å². The molecule has 2 amide bonds. The molecule has 1 atom stereocenters. The van der Waals surface area contributed by atoms with Gasteiger partial charge in [0.05, 0.1) is 23.1 Å². The smallest absolute Gasteiger partial charge is 0.410 e. The fraction of sp³-hybridized carbons (Fsp3) is 0.438. The number of hydrogen-bond acceptors (Lipinski definition) is 7. The van der Waals surface area contributed by atoms with Crippen molar-refractivity contribution in [1.82, 2.24) is 19.8 Å². The third-order valence-electron chi connectivity index (χ3n) is 7.59. The first kappa shape index (κ1) is 30.5. The van der Waals surface area contributed by atoms with Gasteiger partial charge in [-0.05, 0) is 57.4 Å². The van der Waals surface area contributed by atoms with Crippen molar-refractivity contribution < 1.29 is 23.5 Å². The van der Waals surface area contributed by atoms with Crippen LogP contribution in [0.2, 0.25) is 5.02 Å². The molecule has 9 nitrogen and oxygen atoms in total. The topological polar surface area (TPSA) is 88.1 Å². The SMILES string of the molecule is Cc1ccnc(C(C)C)c1N(C)c1nc(-c2ccccc2F)c(Cl)c2c1C(=O)N1CCN(C(=O)OC(C)(C)C)C[C@@H]1CO2. The normalized spacial score (nSPS) is 16.8. The summed E-state index contributed by atoms with van der Waals surface area (Å²) in [6.45, 7) is 12.4. The van der Waals surface area contributed by atoms with E-state index in [0.717, 1.165) is 16.9 Å². The van der Waals surface area contributed by atoms with Crippen molar-refractivity contribution >= 4 is 35.1 Å². The van der Waals surface area contributed by atoms with Gasteiger partial charge in [-0.1, -0.05) is 37.6 Å². The molecule has 2 aliphatic heterocycles. The van der Waals surface area contributed by atoms with Gasteiger partial charge in [-0.2, -0.15) is 0 Å². The molecule has 0 unspecified atom stereocenters. The van der Waals surface area contributed by atoms with Crippen molar-refractivity contribution in [2.45, 2.75) is 59.1 Å². The quantitative estimate of drug-likeness (QED) is 0.330. The van der Waals surface area contributed by atoms with Crippen LogP contribution < -0.4 is 9.64 Å². The lowest BCUT2D eigenvalue weighted by Gasteiger charge is -2.40. The van der Waals surface area contributed by atoms with Crippen molar-refractivity contribution in [3.05, 3.63) is 64.2 Å². The Labute approximate surface area is 256 Å². The Morgan fingerprint density at radius 2 is 1.93 bits per heavy atom. The molecule has 5 rings (SSSR count). The number of amides is 2. The summed E-state index contributed by atoms with van der Waals surface area (Å²) in [5.41, 5.74) is 2.43. The van der Waals surface area contributed by atoms with Crippen LogP contribution in [-0.2, 0) is 4.74 Å². The van der Waals surface area contributed by atoms with Crippen LogP contribution >= 0.6 is 11.6 Å². The molecule has 43 heavy (non-hydrogen) atoms. The lowest BCUT2D eigenvalue weighted by atomic mass is 10.0. The predicted octanol–water partition coefficient (Wildman–Crippen LogP) is 6.59. The van der Waals surface area contributed by atoms with Gasteiger partial charge in [0.1, 0.15) is 34.4 Å². The van der Waals surface area contributed by atoms with Gasteiger partial charge in [0.15, 0.2) is 5.75 Å². The maximum atomic E-state index is 15.1. The van der Waals surface area contributed by atoms with Gasteiger partial charge in [0, 0.05) is 38.4 Å². The fourth-order valence-electron chi connectivity index (χ4n) is 5.55. The second-order valence-corrected chi connectivity index (χ2v) is 12.6. The van der Waals surface area contributed by atoms with E-state index in [4.69, 9.17) is 26.1 Å². The van der Waals surface area contributed by atoms with Crippen LogP contribution in [0.3, 0.4) is 0 Å². The Morgan fingerprint density at radius 1 is 1.21 bits per heavy atom. The van der Waals surface area contributed by atoms with E-state index in [1.54, 1.807) is 34.2 Å². The highest BCUT2D eigenvalue weighted by molar-refractivity contribution is 6.35. The van der Waals surface area contributed by atoms with Crippen LogP contribution in [-0.4, -0.2) is 76.7 Å². The lowest BCUT2D eigenvalue weighted by Crippen LogP contribution is -2.58. The molecule has 1 fully saturated rings. The molecule has 0 N–H and O–H groups in total. The Bertz CT molecular complexity index is 1570. The first-order chi connectivity index (χ1) is 20.3. The Kier molecular flexibility index (Phi) is 8.26. The zero-order valence-electron chi connectivity index (χ0n) is 25.6. The number of aryl methyl sites for hydroxylation is 1. The summed E-state index contributed by atoms with van der Waals surface area (Å²) < 4.78 is 27.0. The molecule has 1 saturated heterocycles. The number of anilines is 2. The highest BCUT2D eigenvalue weighted by atomic mass is 35.5. The third kappa shape index (κ3) is 5.85. The summed E-state index contributed by atoms with van der Waals surface area (Å²) in [7, 11) is 1.81. The summed E-state index contributed by atoms with van der Waals surface area (Å²) in [6.07, 6.45) is 1.31. The lowest BCUT2D eigenvalue weighted by molar-refractivity contribution is 0.000956. The van der Waals surface area contributed by atoms with Gasteiger partial charge in [-0.3, -0.25) is 9.78 Å². The largest absolute Gasteiger partial charge is 0.489 e. The molecule has 228 valence electrons. The highest BCUT2D eigenvalue weighted by Crippen LogP contribution is 2.46. The molecular weight excluding hydrogens is 573 g/mol. The number of hydrogen-bond donors (Lipinski definition) is 0. The zero-order chi connectivity index (χ0) is 31.2. The molecule has 0 bridgehead atoms. The molecule has 2 aromatic heterocycles. The number of ether oxygens (including phenoxy) is 2.